The molecule has 2 aromatic rings. The molecule has 20 heavy (non-hydrogen) atoms. The summed E-state index contributed by atoms with van der Waals surface area (Å²) in [5.74, 6) is 0. The highest BCUT2D eigenvalue weighted by Gasteiger charge is 2.33. The van der Waals surface area contributed by atoms with Gasteiger partial charge in [0, 0.05) is 30.2 Å². The fourth-order valence-electron chi connectivity index (χ4n) is 1.61. The lowest BCUT2D eigenvalue weighted by Crippen LogP contribution is -2.09. The average Bonchev–Trinajstić information content (AvgIpc) is 2.45. The molecule has 0 aliphatic heterocycles. The minimum Gasteiger partial charge on any atom is -0.381 e. The summed E-state index contributed by atoms with van der Waals surface area (Å²) in [4.78, 5) is 7.61. The third-order valence-electron chi connectivity index (χ3n) is 2.56. The van der Waals surface area contributed by atoms with E-state index in [4.69, 9.17) is 5.26 Å². The van der Waals surface area contributed by atoms with Crippen LogP contribution in [0, 0.1) is 11.3 Å². The van der Waals surface area contributed by atoms with E-state index in [1.807, 2.05) is 0 Å². The summed E-state index contributed by atoms with van der Waals surface area (Å²) in [5.41, 5.74) is -0.328. The summed E-state index contributed by atoms with van der Waals surface area (Å²) in [6.45, 7) is 0.296. The number of nitrogens with zero attached hydrogens (tertiary/aromatic N) is 3. The lowest BCUT2D eigenvalue weighted by atomic mass is 10.1. The van der Waals surface area contributed by atoms with E-state index in [1.54, 1.807) is 12.4 Å². The van der Waals surface area contributed by atoms with Crippen LogP contribution < -0.4 is 5.32 Å². The number of benzene rings is 1. The minimum atomic E-state index is -4.56. The molecule has 102 valence electrons. The number of anilines is 1. The quantitative estimate of drug-likeness (QED) is 0.937. The van der Waals surface area contributed by atoms with Crippen molar-refractivity contribution in [1.82, 2.24) is 9.97 Å². The van der Waals surface area contributed by atoms with Crippen LogP contribution >= 0.6 is 0 Å². The van der Waals surface area contributed by atoms with E-state index in [0.717, 1.165) is 17.7 Å². The number of hydrogen-bond acceptors (Lipinski definition) is 4. The van der Waals surface area contributed by atoms with Gasteiger partial charge in [-0.05, 0) is 18.2 Å². The summed E-state index contributed by atoms with van der Waals surface area (Å²) in [6.07, 6.45) is -0.0613. The molecule has 0 radical (unpaired) electrons. The number of hydrogen-bond donors (Lipinski definition) is 1. The van der Waals surface area contributed by atoms with Gasteiger partial charge in [-0.25, -0.2) is 9.97 Å². The Hall–Kier alpha value is -2.62. The molecule has 0 aliphatic carbocycles. The summed E-state index contributed by atoms with van der Waals surface area (Å²) < 4.78 is 38.3. The monoisotopic (exact) mass is 278 g/mol. The zero-order chi connectivity index (χ0) is 14.6. The lowest BCUT2D eigenvalue weighted by molar-refractivity contribution is -0.137. The van der Waals surface area contributed by atoms with Crippen LogP contribution in [0.1, 0.15) is 16.7 Å². The van der Waals surface area contributed by atoms with Crippen LogP contribution in [0.25, 0.3) is 0 Å². The Kier molecular flexibility index (Phi) is 3.84. The molecule has 4 nitrogen and oxygen atoms in total. The van der Waals surface area contributed by atoms with Crippen LogP contribution in [-0.4, -0.2) is 9.97 Å². The van der Waals surface area contributed by atoms with E-state index in [0.29, 0.717) is 6.54 Å². The maximum absolute atomic E-state index is 12.8. The van der Waals surface area contributed by atoms with E-state index in [9.17, 15) is 13.2 Å². The van der Waals surface area contributed by atoms with Crippen LogP contribution in [0.2, 0.25) is 0 Å². The molecule has 1 aromatic heterocycles. The van der Waals surface area contributed by atoms with Crippen molar-refractivity contribution in [3.05, 3.63) is 53.6 Å². The molecule has 0 atom stereocenters. The first-order valence-electron chi connectivity index (χ1n) is 5.60. The smallest absolute Gasteiger partial charge is 0.381 e. The first-order valence-corrected chi connectivity index (χ1v) is 5.60. The molecular formula is C13H9F3N4. The summed E-state index contributed by atoms with van der Waals surface area (Å²) >= 11 is 0. The number of halogens is 3. The molecule has 2 rings (SSSR count). The van der Waals surface area contributed by atoms with Gasteiger partial charge < -0.3 is 5.32 Å². The second-order valence-electron chi connectivity index (χ2n) is 3.97. The highest BCUT2D eigenvalue weighted by Crippen LogP contribution is 2.33. The lowest BCUT2D eigenvalue weighted by Gasteiger charge is -2.12. The molecular weight excluding hydrogens is 269 g/mol. The van der Waals surface area contributed by atoms with Crippen LogP contribution in [-0.2, 0) is 12.7 Å². The van der Waals surface area contributed by atoms with E-state index < -0.39 is 17.3 Å². The minimum absolute atomic E-state index is 0.278. The normalized spacial score (nSPS) is 10.9. The van der Waals surface area contributed by atoms with Crippen LogP contribution in [0.3, 0.4) is 0 Å². The van der Waals surface area contributed by atoms with Crippen molar-refractivity contribution in [3.8, 4) is 6.07 Å². The number of rotatable bonds is 3. The predicted molar refractivity (Wildman–Crippen MR) is 65.5 cm³/mol. The molecule has 0 spiro atoms. The van der Waals surface area contributed by atoms with Crippen molar-refractivity contribution < 1.29 is 13.2 Å². The topological polar surface area (TPSA) is 61.6 Å². The van der Waals surface area contributed by atoms with Gasteiger partial charge in [0.05, 0.1) is 17.2 Å². The fraction of sp³-hybridized carbons (Fsp3) is 0.154. The first kappa shape index (κ1) is 13.8. The number of alkyl halides is 3. The molecule has 7 heteroatoms. The van der Waals surface area contributed by atoms with Gasteiger partial charge in [-0.1, -0.05) is 0 Å². The van der Waals surface area contributed by atoms with Crippen molar-refractivity contribution >= 4 is 5.69 Å². The van der Waals surface area contributed by atoms with E-state index >= 15 is 0 Å². The SMILES string of the molecule is N#Cc1ccc(NCc2cncnc2)cc1C(F)(F)F. The van der Waals surface area contributed by atoms with Gasteiger partial charge in [-0.3, -0.25) is 0 Å². The predicted octanol–water partition coefficient (Wildman–Crippen LogP) is 2.98. The van der Waals surface area contributed by atoms with Crippen LogP contribution in [0.5, 0.6) is 0 Å². The standard InChI is InChI=1S/C13H9F3N4/c14-13(15,16)12-3-11(2-1-10(12)4-17)20-7-9-5-18-8-19-6-9/h1-3,5-6,8,20H,7H2. The Balaban J connectivity index is 2.20. The second-order valence-corrected chi connectivity index (χ2v) is 3.97. The van der Waals surface area contributed by atoms with Gasteiger partial charge in [-0.15, -0.1) is 0 Å². The van der Waals surface area contributed by atoms with Crippen LogP contribution in [0.4, 0.5) is 18.9 Å². The van der Waals surface area contributed by atoms with Crippen molar-refractivity contribution in [2.45, 2.75) is 12.7 Å². The van der Waals surface area contributed by atoms with E-state index in [1.165, 1.54) is 18.5 Å². The summed E-state index contributed by atoms with van der Waals surface area (Å²) in [6, 6.07) is 5.03. The Morgan fingerprint density at radius 3 is 2.50 bits per heavy atom. The Morgan fingerprint density at radius 1 is 1.20 bits per heavy atom. The van der Waals surface area contributed by atoms with Gasteiger partial charge in [0.2, 0.25) is 0 Å². The van der Waals surface area contributed by atoms with Gasteiger partial charge in [0.25, 0.3) is 0 Å². The number of aromatic nitrogens is 2. The number of nitrogens with one attached hydrogen (secondary N) is 1. The molecule has 0 fully saturated rings. The van der Waals surface area contributed by atoms with E-state index in [-0.39, 0.29) is 5.69 Å². The van der Waals surface area contributed by atoms with Gasteiger partial charge >= 0.3 is 6.18 Å². The summed E-state index contributed by atoms with van der Waals surface area (Å²) in [5, 5.41) is 11.5. The Labute approximate surface area is 112 Å². The van der Waals surface area contributed by atoms with Crippen molar-refractivity contribution in [2.24, 2.45) is 0 Å². The molecule has 0 bridgehead atoms. The van der Waals surface area contributed by atoms with Crippen molar-refractivity contribution in [1.29, 1.82) is 5.26 Å². The fourth-order valence-corrected chi connectivity index (χ4v) is 1.61. The average molecular weight is 278 g/mol. The highest BCUT2D eigenvalue weighted by molar-refractivity contribution is 5.53. The maximum atomic E-state index is 12.8. The third-order valence-corrected chi connectivity index (χ3v) is 2.56. The summed E-state index contributed by atoms with van der Waals surface area (Å²) in [7, 11) is 0. The van der Waals surface area contributed by atoms with Crippen LogP contribution in [0.15, 0.2) is 36.9 Å². The molecule has 1 heterocycles. The Morgan fingerprint density at radius 2 is 1.90 bits per heavy atom. The molecule has 0 saturated carbocycles. The molecule has 0 unspecified atom stereocenters. The molecule has 1 aromatic carbocycles. The van der Waals surface area contributed by atoms with Gasteiger partial charge in [0.1, 0.15) is 6.33 Å². The molecule has 1 N–H and O–H groups in total. The van der Waals surface area contributed by atoms with Crippen molar-refractivity contribution in [3.63, 3.8) is 0 Å². The zero-order valence-corrected chi connectivity index (χ0v) is 10.1. The van der Waals surface area contributed by atoms with Gasteiger partial charge in [0.15, 0.2) is 0 Å². The van der Waals surface area contributed by atoms with E-state index in [2.05, 4.69) is 15.3 Å². The maximum Gasteiger partial charge on any atom is 0.417 e. The third kappa shape index (κ3) is 3.23. The van der Waals surface area contributed by atoms with Gasteiger partial charge in [-0.2, -0.15) is 18.4 Å². The number of nitriles is 1. The second kappa shape index (κ2) is 5.57. The zero-order valence-electron chi connectivity index (χ0n) is 10.1. The highest BCUT2D eigenvalue weighted by atomic mass is 19.4. The first-order chi connectivity index (χ1) is 9.50. The molecule has 0 amide bonds. The van der Waals surface area contributed by atoms with Crippen molar-refractivity contribution in [2.75, 3.05) is 5.32 Å². The molecule has 0 aliphatic rings. The largest absolute Gasteiger partial charge is 0.417 e. The Bertz CT molecular complexity index is 632. The molecule has 0 saturated heterocycles.